The molecule has 5 rings (SSSR count). The van der Waals surface area contributed by atoms with Crippen LogP contribution in [-0.2, 0) is 0 Å². The third-order valence-corrected chi connectivity index (χ3v) is 6.92. The van der Waals surface area contributed by atoms with Crippen LogP contribution in [0.25, 0.3) is 5.65 Å². The molecule has 158 valence electrons. The number of rotatable bonds is 4. The molecule has 3 aromatic rings. The molecular formula is C24H32N6. The van der Waals surface area contributed by atoms with Crippen LogP contribution >= 0.6 is 0 Å². The topological polar surface area (TPSA) is 94.3 Å². The Hall–Kier alpha value is -2.60. The maximum atomic E-state index is 6.09. The second-order valence-electron chi connectivity index (χ2n) is 9.11. The summed E-state index contributed by atoms with van der Waals surface area (Å²) in [4.78, 5) is 4.93. The summed E-state index contributed by atoms with van der Waals surface area (Å²) in [6.45, 7) is 0. The molecule has 0 bridgehead atoms. The minimum atomic E-state index is 0.334. The third kappa shape index (κ3) is 4.01. The van der Waals surface area contributed by atoms with Crippen LogP contribution in [0.15, 0.2) is 36.5 Å². The summed E-state index contributed by atoms with van der Waals surface area (Å²) < 4.78 is 1.82. The summed E-state index contributed by atoms with van der Waals surface area (Å²) in [5, 5.41) is 7.97. The van der Waals surface area contributed by atoms with Crippen molar-refractivity contribution < 1.29 is 0 Å². The van der Waals surface area contributed by atoms with Gasteiger partial charge in [-0.1, -0.05) is 31.4 Å². The molecule has 30 heavy (non-hydrogen) atoms. The lowest BCUT2D eigenvalue weighted by molar-refractivity contribution is 0.391. The zero-order chi connectivity index (χ0) is 20.5. The number of nitrogens with one attached hydrogen (secondary N) is 1. The number of aromatic nitrogens is 3. The number of nitrogens with two attached hydrogens (primary N) is 2. The zero-order valence-electron chi connectivity index (χ0n) is 17.6. The van der Waals surface area contributed by atoms with Crippen LogP contribution in [0, 0.1) is 0 Å². The molecule has 0 atom stereocenters. The lowest BCUT2D eigenvalue weighted by Gasteiger charge is -2.24. The maximum Gasteiger partial charge on any atom is 0.177 e. The van der Waals surface area contributed by atoms with E-state index in [0.717, 1.165) is 54.3 Å². The van der Waals surface area contributed by atoms with Crippen LogP contribution in [0.5, 0.6) is 0 Å². The molecular weight excluding hydrogens is 372 g/mol. The first-order chi connectivity index (χ1) is 14.7. The van der Waals surface area contributed by atoms with Gasteiger partial charge in [-0.3, -0.25) is 0 Å². The van der Waals surface area contributed by atoms with Crippen molar-refractivity contribution in [2.75, 3.05) is 11.1 Å². The molecule has 0 unspecified atom stereocenters. The molecule has 0 spiro atoms. The SMILES string of the molecule is Nc1cc(Nc2ccc(C3CCCCC3)cc2)c2nc([C@H]3CC[C@H](N)CC3)cn2n1. The Bertz CT molecular complexity index is 994. The molecule has 2 aromatic heterocycles. The molecule has 2 saturated carbocycles. The molecule has 1 aromatic carbocycles. The molecule has 6 heteroatoms. The Kier molecular flexibility index (Phi) is 5.34. The zero-order valence-corrected chi connectivity index (χ0v) is 17.6. The van der Waals surface area contributed by atoms with Gasteiger partial charge in [0.15, 0.2) is 5.65 Å². The summed E-state index contributed by atoms with van der Waals surface area (Å²) in [5.41, 5.74) is 17.5. The van der Waals surface area contributed by atoms with Gasteiger partial charge in [0.2, 0.25) is 0 Å². The molecule has 2 aliphatic carbocycles. The maximum absolute atomic E-state index is 6.09. The van der Waals surface area contributed by atoms with Gasteiger partial charge >= 0.3 is 0 Å². The lowest BCUT2D eigenvalue weighted by Crippen LogP contribution is -2.25. The summed E-state index contributed by atoms with van der Waals surface area (Å²) in [5.74, 6) is 1.66. The summed E-state index contributed by atoms with van der Waals surface area (Å²) in [6.07, 6.45) is 13.1. The molecule has 0 aliphatic heterocycles. The largest absolute Gasteiger partial charge is 0.382 e. The molecule has 6 nitrogen and oxygen atoms in total. The molecule has 5 N–H and O–H groups in total. The van der Waals surface area contributed by atoms with Crippen LogP contribution in [-0.4, -0.2) is 20.6 Å². The summed E-state index contributed by atoms with van der Waals surface area (Å²) in [6, 6.07) is 11.1. The smallest absolute Gasteiger partial charge is 0.177 e. The van der Waals surface area contributed by atoms with Gasteiger partial charge in [-0.15, -0.1) is 5.10 Å². The van der Waals surface area contributed by atoms with Crippen LogP contribution < -0.4 is 16.8 Å². The van der Waals surface area contributed by atoms with Crippen LogP contribution in [0.2, 0.25) is 0 Å². The van der Waals surface area contributed by atoms with E-state index in [1.807, 2.05) is 16.8 Å². The van der Waals surface area contributed by atoms with Gasteiger partial charge in [-0.25, -0.2) is 9.50 Å². The van der Waals surface area contributed by atoms with Crippen molar-refractivity contribution in [3.8, 4) is 0 Å². The van der Waals surface area contributed by atoms with Gasteiger partial charge in [0.1, 0.15) is 5.82 Å². The number of hydrogen-bond acceptors (Lipinski definition) is 5. The van der Waals surface area contributed by atoms with E-state index < -0.39 is 0 Å². The molecule has 0 radical (unpaired) electrons. The first-order valence-electron chi connectivity index (χ1n) is 11.4. The fraction of sp³-hybridized carbons (Fsp3) is 0.500. The van der Waals surface area contributed by atoms with E-state index in [9.17, 15) is 0 Å². The highest BCUT2D eigenvalue weighted by molar-refractivity contribution is 5.75. The van der Waals surface area contributed by atoms with Crippen molar-refractivity contribution in [3.63, 3.8) is 0 Å². The van der Waals surface area contributed by atoms with Crippen molar-refractivity contribution in [1.29, 1.82) is 0 Å². The van der Waals surface area contributed by atoms with Crippen LogP contribution in [0.4, 0.5) is 17.2 Å². The number of hydrogen-bond donors (Lipinski definition) is 3. The number of imidazole rings is 1. The van der Waals surface area contributed by atoms with Crippen molar-refractivity contribution in [1.82, 2.24) is 14.6 Å². The standard InChI is InChI=1S/C24H32N6/c25-19-10-6-18(7-11-19)22-15-30-24(28-22)21(14-23(26)29-30)27-20-12-8-17(9-13-20)16-4-2-1-3-5-16/h8-9,12-16,18-19,27H,1-7,10-11,25H2,(H2,26,29)/t18-,19-. The van der Waals surface area contributed by atoms with Gasteiger partial charge in [0, 0.05) is 23.7 Å². The highest BCUT2D eigenvalue weighted by Gasteiger charge is 2.23. The Labute approximate surface area is 178 Å². The first-order valence-corrected chi connectivity index (χ1v) is 11.4. The monoisotopic (exact) mass is 404 g/mol. The second-order valence-corrected chi connectivity index (χ2v) is 9.11. The Morgan fingerprint density at radius 3 is 2.37 bits per heavy atom. The van der Waals surface area contributed by atoms with Gasteiger partial charge in [0.05, 0.1) is 17.6 Å². The van der Waals surface area contributed by atoms with Gasteiger partial charge in [0.25, 0.3) is 0 Å². The highest BCUT2D eigenvalue weighted by Crippen LogP contribution is 2.35. The summed E-state index contributed by atoms with van der Waals surface area (Å²) >= 11 is 0. The lowest BCUT2D eigenvalue weighted by atomic mass is 9.84. The van der Waals surface area contributed by atoms with Crippen molar-refractivity contribution in [2.24, 2.45) is 5.73 Å². The van der Waals surface area contributed by atoms with E-state index in [1.54, 1.807) is 0 Å². The molecule has 2 fully saturated rings. The van der Waals surface area contributed by atoms with E-state index in [2.05, 4.69) is 34.7 Å². The van der Waals surface area contributed by atoms with Gasteiger partial charge in [-0.05, 0) is 62.1 Å². The number of anilines is 3. The average Bonchev–Trinajstić information content (AvgIpc) is 3.19. The van der Waals surface area contributed by atoms with E-state index in [4.69, 9.17) is 16.5 Å². The number of nitrogen functional groups attached to an aromatic ring is 1. The fourth-order valence-electron chi connectivity index (χ4n) is 5.15. The number of nitrogens with zero attached hydrogens (tertiary/aromatic N) is 3. The Balaban J connectivity index is 1.38. The minimum absolute atomic E-state index is 0.334. The Morgan fingerprint density at radius 1 is 0.900 bits per heavy atom. The first kappa shape index (κ1) is 19.4. The van der Waals surface area contributed by atoms with E-state index in [1.165, 1.54) is 37.7 Å². The van der Waals surface area contributed by atoms with E-state index in [-0.39, 0.29) is 0 Å². The molecule has 2 aliphatic rings. The molecule has 0 amide bonds. The third-order valence-electron chi connectivity index (χ3n) is 6.92. The quantitative estimate of drug-likeness (QED) is 0.563. The van der Waals surface area contributed by atoms with Crippen LogP contribution in [0.1, 0.15) is 80.9 Å². The van der Waals surface area contributed by atoms with Gasteiger partial charge < -0.3 is 16.8 Å². The molecule has 2 heterocycles. The average molecular weight is 405 g/mol. The minimum Gasteiger partial charge on any atom is -0.382 e. The Morgan fingerprint density at radius 2 is 1.63 bits per heavy atom. The van der Waals surface area contributed by atoms with E-state index in [0.29, 0.717) is 17.8 Å². The van der Waals surface area contributed by atoms with Crippen molar-refractivity contribution >= 4 is 22.8 Å². The fourth-order valence-corrected chi connectivity index (χ4v) is 5.15. The van der Waals surface area contributed by atoms with Gasteiger partial charge in [-0.2, -0.15) is 0 Å². The van der Waals surface area contributed by atoms with Crippen molar-refractivity contribution in [3.05, 3.63) is 47.8 Å². The van der Waals surface area contributed by atoms with Crippen LogP contribution in [0.3, 0.4) is 0 Å². The van der Waals surface area contributed by atoms with Crippen molar-refractivity contribution in [2.45, 2.75) is 75.7 Å². The molecule has 0 saturated heterocycles. The highest BCUT2D eigenvalue weighted by atomic mass is 15.3. The number of fused-ring (bicyclic) bond motifs is 1. The normalized spacial score (nSPS) is 23.0. The predicted octanol–water partition coefficient (Wildman–Crippen LogP) is 5.09. The van der Waals surface area contributed by atoms with E-state index >= 15 is 0 Å². The number of benzene rings is 1. The summed E-state index contributed by atoms with van der Waals surface area (Å²) in [7, 11) is 0. The predicted molar refractivity (Wildman–Crippen MR) is 122 cm³/mol. The second kappa shape index (κ2) is 8.26.